The Hall–Kier alpha value is -2.41. The molecule has 1 rings (SSSR count). The summed E-state index contributed by atoms with van der Waals surface area (Å²) in [6.45, 7) is 3.09. The molecule has 0 aliphatic heterocycles. The van der Waals surface area contributed by atoms with Gasteiger partial charge in [-0.25, -0.2) is 4.79 Å². The molecule has 0 saturated heterocycles. The first kappa shape index (κ1) is 24.6. The highest BCUT2D eigenvalue weighted by Crippen LogP contribution is 2.07. The molecule has 162 valence electrons. The van der Waals surface area contributed by atoms with Crippen molar-refractivity contribution in [2.75, 3.05) is 13.1 Å². The van der Waals surface area contributed by atoms with Crippen LogP contribution < -0.4 is 16.4 Å². The second-order valence-electron chi connectivity index (χ2n) is 7.39. The zero-order valence-electron chi connectivity index (χ0n) is 17.4. The van der Waals surface area contributed by atoms with Gasteiger partial charge in [-0.1, -0.05) is 29.8 Å². The summed E-state index contributed by atoms with van der Waals surface area (Å²) in [7, 11) is 0. The van der Waals surface area contributed by atoms with Gasteiger partial charge in [0.2, 0.25) is 11.8 Å². The van der Waals surface area contributed by atoms with Gasteiger partial charge in [0, 0.05) is 19.4 Å². The van der Waals surface area contributed by atoms with Crippen molar-refractivity contribution >= 4 is 17.8 Å². The van der Waals surface area contributed by atoms with Crippen LogP contribution >= 0.6 is 0 Å². The number of unbranched alkanes of at least 4 members (excludes halogenated alkanes) is 2. The Balaban J connectivity index is 2.09. The Labute approximate surface area is 173 Å². The molecule has 0 aliphatic rings. The molecule has 0 saturated carbocycles. The van der Waals surface area contributed by atoms with E-state index in [4.69, 9.17) is 10.8 Å². The molecule has 1 aromatic rings. The van der Waals surface area contributed by atoms with Gasteiger partial charge < -0.3 is 21.5 Å². The fraction of sp³-hybridized carbons (Fsp3) is 0.591. The minimum absolute atomic E-state index is 0.0207. The standard InChI is InChI=1S/C22H35N3O4/c1-17-11-13-18(14-12-17)7-6-10-20(26)24-16-5-3-9-21(27)25-19(22(28)29)8-2-4-15-23/h11-14,19H,2-10,15-16,23H2,1H3,(H,24,26)(H,25,27)(H,28,29). The Morgan fingerprint density at radius 1 is 0.966 bits per heavy atom. The summed E-state index contributed by atoms with van der Waals surface area (Å²) in [6.07, 6.45) is 5.50. The van der Waals surface area contributed by atoms with Crippen LogP contribution in [0.15, 0.2) is 24.3 Å². The zero-order valence-corrected chi connectivity index (χ0v) is 17.4. The number of hydrogen-bond donors (Lipinski definition) is 4. The van der Waals surface area contributed by atoms with Gasteiger partial charge in [-0.2, -0.15) is 0 Å². The zero-order chi connectivity index (χ0) is 21.5. The third-order valence-corrected chi connectivity index (χ3v) is 4.72. The predicted octanol–water partition coefficient (Wildman–Crippen LogP) is 2.30. The molecule has 2 amide bonds. The quantitative estimate of drug-likeness (QED) is 0.334. The second-order valence-corrected chi connectivity index (χ2v) is 7.39. The number of carboxylic acids is 1. The lowest BCUT2D eigenvalue weighted by atomic mass is 10.1. The molecule has 0 radical (unpaired) electrons. The van der Waals surface area contributed by atoms with Gasteiger partial charge in [-0.15, -0.1) is 0 Å². The molecule has 0 aromatic heterocycles. The summed E-state index contributed by atoms with van der Waals surface area (Å²) in [5.41, 5.74) is 7.86. The van der Waals surface area contributed by atoms with E-state index in [2.05, 4.69) is 41.8 Å². The maximum atomic E-state index is 11.9. The summed E-state index contributed by atoms with van der Waals surface area (Å²) in [6, 6.07) is 7.47. The van der Waals surface area contributed by atoms with Crippen molar-refractivity contribution in [2.45, 2.75) is 70.8 Å². The number of carboxylic acid groups (broad SMARTS) is 1. The van der Waals surface area contributed by atoms with Crippen LogP contribution in [-0.2, 0) is 20.8 Å². The van der Waals surface area contributed by atoms with Crippen LogP contribution in [0.5, 0.6) is 0 Å². The number of hydrogen-bond acceptors (Lipinski definition) is 4. The van der Waals surface area contributed by atoms with E-state index in [1.165, 1.54) is 11.1 Å². The summed E-state index contributed by atoms with van der Waals surface area (Å²) < 4.78 is 0. The van der Waals surface area contributed by atoms with Gasteiger partial charge in [0.15, 0.2) is 0 Å². The van der Waals surface area contributed by atoms with Gasteiger partial charge in [0.25, 0.3) is 0 Å². The van der Waals surface area contributed by atoms with Crippen LogP contribution in [0.25, 0.3) is 0 Å². The minimum atomic E-state index is -1.02. The molecule has 0 bridgehead atoms. The Morgan fingerprint density at radius 2 is 1.66 bits per heavy atom. The van der Waals surface area contributed by atoms with Crippen molar-refractivity contribution in [2.24, 2.45) is 5.73 Å². The third kappa shape index (κ3) is 11.9. The Bertz CT molecular complexity index is 631. The van der Waals surface area contributed by atoms with Crippen molar-refractivity contribution in [3.8, 4) is 0 Å². The molecule has 0 heterocycles. The van der Waals surface area contributed by atoms with E-state index < -0.39 is 12.0 Å². The fourth-order valence-electron chi connectivity index (χ4n) is 2.95. The molecule has 1 unspecified atom stereocenters. The van der Waals surface area contributed by atoms with Crippen LogP contribution in [0.2, 0.25) is 0 Å². The van der Waals surface area contributed by atoms with E-state index in [-0.39, 0.29) is 18.2 Å². The van der Waals surface area contributed by atoms with Crippen LogP contribution in [-0.4, -0.2) is 42.0 Å². The fourth-order valence-corrected chi connectivity index (χ4v) is 2.95. The molecule has 0 fully saturated rings. The van der Waals surface area contributed by atoms with E-state index >= 15 is 0 Å². The molecule has 5 N–H and O–H groups in total. The first-order valence-electron chi connectivity index (χ1n) is 10.5. The lowest BCUT2D eigenvalue weighted by molar-refractivity contribution is -0.142. The van der Waals surface area contributed by atoms with Crippen LogP contribution in [0.3, 0.4) is 0 Å². The normalized spacial score (nSPS) is 11.7. The van der Waals surface area contributed by atoms with Crippen LogP contribution in [0, 0.1) is 6.92 Å². The summed E-state index contributed by atoms with van der Waals surface area (Å²) in [4.78, 5) is 34.9. The van der Waals surface area contributed by atoms with E-state index in [1.54, 1.807) is 0 Å². The molecule has 7 heteroatoms. The maximum absolute atomic E-state index is 11.9. The summed E-state index contributed by atoms with van der Waals surface area (Å²) >= 11 is 0. The second kappa shape index (κ2) is 14.6. The van der Waals surface area contributed by atoms with Gasteiger partial charge in [-0.05, 0) is 64.0 Å². The SMILES string of the molecule is Cc1ccc(CCCC(=O)NCCCCC(=O)NC(CCCCN)C(=O)O)cc1. The van der Waals surface area contributed by atoms with Gasteiger partial charge in [0.05, 0.1) is 0 Å². The number of carbonyl (C=O) groups excluding carboxylic acids is 2. The number of rotatable bonds is 15. The van der Waals surface area contributed by atoms with E-state index in [1.807, 2.05) is 0 Å². The number of nitrogens with two attached hydrogens (primary N) is 1. The topological polar surface area (TPSA) is 122 Å². The highest BCUT2D eigenvalue weighted by atomic mass is 16.4. The lowest BCUT2D eigenvalue weighted by Crippen LogP contribution is -2.40. The van der Waals surface area contributed by atoms with Crippen molar-refractivity contribution in [1.29, 1.82) is 0 Å². The highest BCUT2D eigenvalue weighted by Gasteiger charge is 2.18. The van der Waals surface area contributed by atoms with Crippen LogP contribution in [0.1, 0.15) is 62.5 Å². The smallest absolute Gasteiger partial charge is 0.326 e. The molecule has 29 heavy (non-hydrogen) atoms. The average molecular weight is 406 g/mol. The van der Waals surface area contributed by atoms with Crippen molar-refractivity contribution in [3.63, 3.8) is 0 Å². The molecular formula is C22H35N3O4. The molecule has 7 nitrogen and oxygen atoms in total. The number of carbonyl (C=O) groups is 3. The van der Waals surface area contributed by atoms with Crippen LogP contribution in [0.4, 0.5) is 0 Å². The molecule has 1 atom stereocenters. The largest absolute Gasteiger partial charge is 0.480 e. The highest BCUT2D eigenvalue weighted by molar-refractivity contribution is 5.83. The Kier molecular flexibility index (Phi) is 12.4. The molecule has 0 spiro atoms. The van der Waals surface area contributed by atoms with Gasteiger partial charge >= 0.3 is 5.97 Å². The number of nitrogens with one attached hydrogen (secondary N) is 2. The van der Waals surface area contributed by atoms with Gasteiger partial charge in [-0.3, -0.25) is 9.59 Å². The Morgan fingerprint density at radius 3 is 2.31 bits per heavy atom. The van der Waals surface area contributed by atoms with E-state index in [0.717, 1.165) is 19.3 Å². The molecule has 0 aliphatic carbocycles. The number of benzene rings is 1. The number of amides is 2. The summed E-state index contributed by atoms with van der Waals surface area (Å²) in [5.74, 6) is -1.27. The van der Waals surface area contributed by atoms with Crippen molar-refractivity contribution in [3.05, 3.63) is 35.4 Å². The van der Waals surface area contributed by atoms with E-state index in [0.29, 0.717) is 45.2 Å². The lowest BCUT2D eigenvalue weighted by Gasteiger charge is -2.14. The average Bonchev–Trinajstić information content (AvgIpc) is 2.68. The van der Waals surface area contributed by atoms with Gasteiger partial charge in [0.1, 0.15) is 6.04 Å². The van der Waals surface area contributed by atoms with Crippen molar-refractivity contribution < 1.29 is 19.5 Å². The molecular weight excluding hydrogens is 370 g/mol. The monoisotopic (exact) mass is 405 g/mol. The predicted molar refractivity (Wildman–Crippen MR) is 113 cm³/mol. The third-order valence-electron chi connectivity index (χ3n) is 4.72. The first-order chi connectivity index (χ1) is 13.9. The number of aryl methyl sites for hydroxylation is 2. The molecule has 1 aromatic carbocycles. The minimum Gasteiger partial charge on any atom is -0.480 e. The maximum Gasteiger partial charge on any atom is 0.326 e. The number of aliphatic carboxylic acids is 1. The van der Waals surface area contributed by atoms with Crippen molar-refractivity contribution in [1.82, 2.24) is 10.6 Å². The first-order valence-corrected chi connectivity index (χ1v) is 10.5. The summed E-state index contributed by atoms with van der Waals surface area (Å²) in [5, 5.41) is 14.6. The van der Waals surface area contributed by atoms with E-state index in [9.17, 15) is 14.4 Å².